The fourth-order valence-electron chi connectivity index (χ4n) is 2.95. The summed E-state index contributed by atoms with van der Waals surface area (Å²) < 4.78 is 6.73. The number of aromatic nitrogens is 1. The van der Waals surface area contributed by atoms with Gasteiger partial charge in [0.2, 0.25) is 0 Å². The quantitative estimate of drug-likeness (QED) is 0.336. The molecule has 0 saturated carbocycles. The number of benzene rings is 2. The van der Waals surface area contributed by atoms with E-state index in [0.29, 0.717) is 27.7 Å². The van der Waals surface area contributed by atoms with Crippen LogP contribution in [0.25, 0.3) is 33.2 Å². The van der Waals surface area contributed by atoms with Crippen molar-refractivity contribution in [1.82, 2.24) is 4.98 Å². The third-order valence-electron chi connectivity index (χ3n) is 4.22. The molecule has 0 aliphatic rings. The summed E-state index contributed by atoms with van der Waals surface area (Å²) in [6.45, 7) is 0. The van der Waals surface area contributed by atoms with Gasteiger partial charge >= 0.3 is 5.97 Å². The Hall–Kier alpha value is -3.78. The summed E-state index contributed by atoms with van der Waals surface area (Å²) in [6, 6.07) is 17.1. The van der Waals surface area contributed by atoms with Crippen LogP contribution >= 0.6 is 11.3 Å². The van der Waals surface area contributed by atoms with Gasteiger partial charge in [0.05, 0.1) is 27.1 Å². The average Bonchev–Trinajstić information content (AvgIpc) is 3.34. The first kappa shape index (κ1) is 18.6. The van der Waals surface area contributed by atoms with Gasteiger partial charge in [-0.25, -0.2) is 4.98 Å². The number of nitro groups is 1. The summed E-state index contributed by atoms with van der Waals surface area (Å²) in [7, 11) is 0. The van der Waals surface area contributed by atoms with Gasteiger partial charge < -0.3 is 9.52 Å². The van der Waals surface area contributed by atoms with Crippen LogP contribution in [-0.2, 0) is 4.79 Å². The number of carboxylic acids is 1. The van der Waals surface area contributed by atoms with Crippen molar-refractivity contribution in [1.29, 1.82) is 0 Å². The van der Waals surface area contributed by atoms with Gasteiger partial charge in [-0.05, 0) is 36.4 Å². The van der Waals surface area contributed by atoms with Gasteiger partial charge in [0.1, 0.15) is 16.5 Å². The van der Waals surface area contributed by atoms with Crippen LogP contribution in [0.3, 0.4) is 0 Å². The van der Waals surface area contributed by atoms with Crippen molar-refractivity contribution in [3.8, 4) is 11.3 Å². The molecule has 0 aliphatic heterocycles. The maximum absolute atomic E-state index is 11.4. The second kappa shape index (κ2) is 7.69. The molecule has 4 rings (SSSR count). The standard InChI is InChI=1S/C21H14N2O5S/c24-20(25)12-13(21-22-16-6-2-4-8-19(16)29-21)11-14-9-10-18(28-14)15-5-1-3-7-17(15)23(26)27/h1-11H,12H2,(H,24,25)/b13-11-. The van der Waals surface area contributed by atoms with Crippen LogP contribution in [-0.4, -0.2) is 21.0 Å². The zero-order valence-corrected chi connectivity index (χ0v) is 15.8. The Morgan fingerprint density at radius 3 is 2.66 bits per heavy atom. The van der Waals surface area contributed by atoms with E-state index in [0.717, 1.165) is 10.2 Å². The number of hydrogen-bond donors (Lipinski definition) is 1. The molecular formula is C21H14N2O5S. The van der Waals surface area contributed by atoms with Crippen LogP contribution < -0.4 is 0 Å². The molecule has 0 aliphatic carbocycles. The Bertz CT molecular complexity index is 1220. The molecule has 0 fully saturated rings. The molecule has 2 heterocycles. The fraction of sp³-hybridized carbons (Fsp3) is 0.0476. The Balaban J connectivity index is 1.74. The van der Waals surface area contributed by atoms with Crippen LogP contribution in [0.2, 0.25) is 0 Å². The van der Waals surface area contributed by atoms with E-state index >= 15 is 0 Å². The second-order valence-electron chi connectivity index (χ2n) is 6.20. The van der Waals surface area contributed by atoms with E-state index in [4.69, 9.17) is 4.42 Å². The summed E-state index contributed by atoms with van der Waals surface area (Å²) in [5.41, 5.74) is 1.59. The summed E-state index contributed by atoms with van der Waals surface area (Å²) in [6.07, 6.45) is 1.39. The predicted octanol–water partition coefficient (Wildman–Crippen LogP) is 5.48. The van der Waals surface area contributed by atoms with Gasteiger partial charge in [0.15, 0.2) is 0 Å². The number of para-hydroxylation sites is 2. The maximum Gasteiger partial charge on any atom is 0.307 e. The largest absolute Gasteiger partial charge is 0.481 e. The van der Waals surface area contributed by atoms with Crippen molar-refractivity contribution in [3.63, 3.8) is 0 Å². The highest BCUT2D eigenvalue weighted by molar-refractivity contribution is 7.19. The van der Waals surface area contributed by atoms with Gasteiger partial charge in [-0.15, -0.1) is 11.3 Å². The Morgan fingerprint density at radius 1 is 1.14 bits per heavy atom. The lowest BCUT2D eigenvalue weighted by molar-refractivity contribution is -0.384. The third kappa shape index (κ3) is 3.92. The van der Waals surface area contributed by atoms with E-state index in [9.17, 15) is 20.0 Å². The number of thiazole rings is 1. The van der Waals surface area contributed by atoms with Crippen LogP contribution in [0, 0.1) is 10.1 Å². The zero-order chi connectivity index (χ0) is 20.4. The molecule has 0 atom stereocenters. The topological polar surface area (TPSA) is 106 Å². The SMILES string of the molecule is O=C(O)C/C(=C/c1ccc(-c2ccccc2[N+](=O)[O-])o1)c1nc2ccccc2s1. The Kier molecular flexibility index (Phi) is 4.92. The van der Waals surface area contributed by atoms with Crippen molar-refractivity contribution in [2.24, 2.45) is 0 Å². The summed E-state index contributed by atoms with van der Waals surface area (Å²) in [5.74, 6) is -0.253. The molecule has 8 heteroatoms. The predicted molar refractivity (Wildman–Crippen MR) is 111 cm³/mol. The van der Waals surface area contributed by atoms with Gasteiger partial charge in [-0.2, -0.15) is 0 Å². The normalized spacial score (nSPS) is 11.7. The molecule has 2 aromatic heterocycles. The molecule has 0 unspecified atom stereocenters. The molecule has 0 amide bonds. The average molecular weight is 406 g/mol. The number of fused-ring (bicyclic) bond motifs is 1. The number of nitrogens with zero attached hydrogens (tertiary/aromatic N) is 2. The number of carbonyl (C=O) groups is 1. The first-order valence-electron chi connectivity index (χ1n) is 8.63. The van der Waals surface area contributed by atoms with E-state index in [1.54, 1.807) is 36.4 Å². The highest BCUT2D eigenvalue weighted by Crippen LogP contribution is 2.34. The van der Waals surface area contributed by atoms with Gasteiger partial charge in [0, 0.05) is 11.6 Å². The molecule has 1 N–H and O–H groups in total. The maximum atomic E-state index is 11.4. The minimum Gasteiger partial charge on any atom is -0.481 e. The lowest BCUT2D eigenvalue weighted by atomic mass is 10.1. The number of aliphatic carboxylic acids is 1. The van der Waals surface area contributed by atoms with Crippen LogP contribution in [0.15, 0.2) is 65.1 Å². The first-order chi connectivity index (χ1) is 14.0. The van der Waals surface area contributed by atoms with E-state index in [1.807, 2.05) is 24.3 Å². The molecule has 2 aromatic carbocycles. The van der Waals surface area contributed by atoms with Crippen LogP contribution in [0.4, 0.5) is 5.69 Å². The van der Waals surface area contributed by atoms with Crippen molar-refractivity contribution < 1.29 is 19.2 Å². The number of rotatable bonds is 6. The minimum absolute atomic E-state index is 0.0608. The van der Waals surface area contributed by atoms with Gasteiger partial charge in [-0.1, -0.05) is 24.3 Å². The monoisotopic (exact) mass is 406 g/mol. The Morgan fingerprint density at radius 2 is 1.90 bits per heavy atom. The molecule has 7 nitrogen and oxygen atoms in total. The highest BCUT2D eigenvalue weighted by atomic mass is 32.1. The number of hydrogen-bond acceptors (Lipinski definition) is 6. The van der Waals surface area contributed by atoms with Crippen LogP contribution in [0.5, 0.6) is 0 Å². The molecule has 0 saturated heterocycles. The molecule has 29 heavy (non-hydrogen) atoms. The van der Waals surface area contributed by atoms with E-state index in [-0.39, 0.29) is 12.1 Å². The third-order valence-corrected chi connectivity index (χ3v) is 5.33. The lowest BCUT2D eigenvalue weighted by Gasteiger charge is -2.01. The molecule has 144 valence electrons. The highest BCUT2D eigenvalue weighted by Gasteiger charge is 2.18. The van der Waals surface area contributed by atoms with Crippen molar-refractivity contribution in [2.45, 2.75) is 6.42 Å². The van der Waals surface area contributed by atoms with Gasteiger partial charge in [0.25, 0.3) is 5.69 Å². The molecule has 0 spiro atoms. The second-order valence-corrected chi connectivity index (χ2v) is 7.23. The molecule has 4 aromatic rings. The van der Waals surface area contributed by atoms with E-state index in [1.165, 1.54) is 17.4 Å². The molecular weight excluding hydrogens is 392 g/mol. The lowest BCUT2D eigenvalue weighted by Crippen LogP contribution is -1.96. The first-order valence-corrected chi connectivity index (χ1v) is 9.45. The summed E-state index contributed by atoms with van der Waals surface area (Å²) >= 11 is 1.40. The fourth-order valence-corrected chi connectivity index (χ4v) is 3.93. The van der Waals surface area contributed by atoms with E-state index < -0.39 is 10.9 Å². The van der Waals surface area contributed by atoms with Crippen molar-refractivity contribution >= 4 is 44.9 Å². The zero-order valence-electron chi connectivity index (χ0n) is 14.9. The Labute approximate surface area is 168 Å². The van der Waals surface area contributed by atoms with Crippen molar-refractivity contribution in [3.05, 3.63) is 81.5 Å². The number of carboxylic acid groups (broad SMARTS) is 1. The summed E-state index contributed by atoms with van der Waals surface area (Å²) in [4.78, 5) is 26.7. The molecule has 0 radical (unpaired) electrons. The van der Waals surface area contributed by atoms with Crippen molar-refractivity contribution in [2.75, 3.05) is 0 Å². The number of nitro benzene ring substituents is 1. The number of furan rings is 1. The smallest absolute Gasteiger partial charge is 0.307 e. The minimum atomic E-state index is -0.985. The molecule has 0 bridgehead atoms. The van der Waals surface area contributed by atoms with Gasteiger partial charge in [-0.3, -0.25) is 14.9 Å². The van der Waals surface area contributed by atoms with E-state index in [2.05, 4.69) is 4.98 Å². The van der Waals surface area contributed by atoms with Crippen LogP contribution in [0.1, 0.15) is 17.2 Å². The summed E-state index contributed by atoms with van der Waals surface area (Å²) in [5, 5.41) is 21.2.